The highest BCUT2D eigenvalue weighted by Gasteiger charge is 2.75. The minimum atomic E-state index is -2.45. The number of esters is 6. The Balaban J connectivity index is 2.57. The third-order valence-corrected chi connectivity index (χ3v) is 9.77. The maximum Gasteiger partial charge on any atom is 0.312 e. The second-order valence-corrected chi connectivity index (χ2v) is 13.0. The van der Waals surface area contributed by atoms with Crippen LogP contribution in [0.25, 0.3) is 0 Å². The van der Waals surface area contributed by atoms with Crippen molar-refractivity contribution in [3.63, 3.8) is 0 Å². The van der Waals surface area contributed by atoms with Crippen LogP contribution in [0.4, 0.5) is 0 Å². The van der Waals surface area contributed by atoms with Crippen molar-refractivity contribution in [2.45, 2.75) is 122 Å². The Morgan fingerprint density at radius 3 is 2.09 bits per heavy atom. The molecule has 256 valence electrons. The molecule has 3 aliphatic rings. The van der Waals surface area contributed by atoms with Gasteiger partial charge in [0.25, 0.3) is 0 Å². The number of aliphatic hydroxyl groups is 1. The second-order valence-electron chi connectivity index (χ2n) is 12.5. The van der Waals surface area contributed by atoms with Crippen LogP contribution in [0.15, 0.2) is 24.3 Å². The Labute approximate surface area is 272 Å². The van der Waals surface area contributed by atoms with Gasteiger partial charge in [0, 0.05) is 40.5 Å². The van der Waals surface area contributed by atoms with Gasteiger partial charge in [-0.1, -0.05) is 26.5 Å². The largest absolute Gasteiger partial charge is 0.462 e. The van der Waals surface area contributed by atoms with Crippen LogP contribution in [-0.4, -0.2) is 88.0 Å². The maximum absolute atomic E-state index is 13.2. The lowest BCUT2D eigenvalue weighted by atomic mass is 9.51. The summed E-state index contributed by atoms with van der Waals surface area (Å²) in [4.78, 5) is 77.2. The molecule has 46 heavy (non-hydrogen) atoms. The molecule has 1 saturated carbocycles. The zero-order valence-electron chi connectivity index (χ0n) is 27.3. The van der Waals surface area contributed by atoms with Gasteiger partial charge < -0.3 is 33.5 Å². The number of carbonyl (C=O) groups excluding carboxylic acids is 6. The fraction of sp³-hybridized carbons (Fsp3) is 0.688. The molecule has 3 rings (SSSR count). The summed E-state index contributed by atoms with van der Waals surface area (Å²) in [6.07, 6.45) is -4.45. The number of hydrogen-bond acceptors (Lipinski definition) is 13. The van der Waals surface area contributed by atoms with Gasteiger partial charge in [-0.3, -0.25) is 28.8 Å². The highest BCUT2D eigenvalue weighted by atomic mass is 35.5. The number of fused-ring (bicyclic) bond motifs is 2. The number of carbonyl (C=O) groups is 6. The smallest absolute Gasteiger partial charge is 0.312 e. The lowest BCUT2D eigenvalue weighted by molar-refractivity contribution is -0.292. The van der Waals surface area contributed by atoms with Crippen molar-refractivity contribution in [2.24, 2.45) is 17.3 Å². The number of halogens is 1. The summed E-state index contributed by atoms with van der Waals surface area (Å²) in [5.41, 5.74) is -6.04. The van der Waals surface area contributed by atoms with Crippen LogP contribution < -0.4 is 0 Å². The van der Waals surface area contributed by atoms with E-state index in [2.05, 4.69) is 6.58 Å². The second kappa shape index (κ2) is 13.7. The van der Waals surface area contributed by atoms with Gasteiger partial charge in [0.1, 0.15) is 24.4 Å². The number of ether oxygens (including phenoxy) is 6. The summed E-state index contributed by atoms with van der Waals surface area (Å²) in [5, 5.41) is 11.5. The molecule has 0 spiro atoms. The zero-order chi connectivity index (χ0) is 34.9. The summed E-state index contributed by atoms with van der Waals surface area (Å²) in [6, 6.07) is 0. The minimum Gasteiger partial charge on any atom is -0.462 e. The quantitative estimate of drug-likeness (QED) is 0.238. The van der Waals surface area contributed by atoms with E-state index < -0.39 is 100 Å². The summed E-state index contributed by atoms with van der Waals surface area (Å²) in [6.45, 7) is 14.5. The predicted octanol–water partition coefficient (Wildman–Crippen LogP) is 2.87. The summed E-state index contributed by atoms with van der Waals surface area (Å²) in [7, 11) is 0. The molecule has 1 N–H and O–H groups in total. The van der Waals surface area contributed by atoms with Crippen molar-refractivity contribution < 1.29 is 62.3 Å². The molecule has 2 fully saturated rings. The van der Waals surface area contributed by atoms with Gasteiger partial charge in [-0.25, -0.2) is 0 Å². The van der Waals surface area contributed by atoms with E-state index in [0.717, 1.165) is 27.7 Å². The molecule has 2 aliphatic carbocycles. The zero-order valence-corrected chi connectivity index (χ0v) is 28.1. The molecule has 11 unspecified atom stereocenters. The number of allylic oxidation sites excluding steroid dienone is 1. The van der Waals surface area contributed by atoms with E-state index >= 15 is 0 Å². The summed E-state index contributed by atoms with van der Waals surface area (Å²) < 4.78 is 35.1. The molecule has 1 saturated heterocycles. The monoisotopic (exact) mass is 670 g/mol. The van der Waals surface area contributed by atoms with Crippen LogP contribution in [0, 0.1) is 17.3 Å². The third kappa shape index (κ3) is 6.67. The topological polar surface area (TPSA) is 178 Å². The molecular weight excluding hydrogens is 628 g/mol. The van der Waals surface area contributed by atoms with Gasteiger partial charge in [-0.2, -0.15) is 0 Å². The maximum atomic E-state index is 13.2. The first-order chi connectivity index (χ1) is 21.2. The Kier molecular flexibility index (Phi) is 11.0. The highest BCUT2D eigenvalue weighted by molar-refractivity contribution is 6.23. The van der Waals surface area contributed by atoms with E-state index in [-0.39, 0.29) is 18.4 Å². The highest BCUT2D eigenvalue weighted by Crippen LogP contribution is 2.59. The van der Waals surface area contributed by atoms with Crippen LogP contribution >= 0.6 is 11.6 Å². The number of alkyl halides is 1. The van der Waals surface area contributed by atoms with Crippen LogP contribution in [0.3, 0.4) is 0 Å². The third-order valence-electron chi connectivity index (χ3n) is 9.26. The average Bonchev–Trinajstić information content (AvgIpc) is 3.15. The SMILES string of the molecule is C=C1C=CC(OC(C)=O)C2(C)C(OC(C)=O)CC(OC(=O)CCC)C(C)(OC(C)=O)C2C(OC(C)=O)C2(O)C(C)C(=O)OC2C1Cl. The molecule has 0 radical (unpaired) electrons. The predicted molar refractivity (Wildman–Crippen MR) is 160 cm³/mol. The molecule has 13 nitrogen and oxygen atoms in total. The molecule has 0 bridgehead atoms. The van der Waals surface area contributed by atoms with Crippen molar-refractivity contribution in [3.8, 4) is 0 Å². The van der Waals surface area contributed by atoms with Crippen molar-refractivity contribution in [1.29, 1.82) is 0 Å². The Bertz CT molecular complexity index is 1310. The molecule has 1 aliphatic heterocycles. The van der Waals surface area contributed by atoms with Crippen molar-refractivity contribution in [3.05, 3.63) is 24.3 Å². The van der Waals surface area contributed by atoms with Crippen LogP contribution in [0.5, 0.6) is 0 Å². The molecule has 0 aromatic carbocycles. The Morgan fingerprint density at radius 2 is 1.57 bits per heavy atom. The lowest BCUT2D eigenvalue weighted by Gasteiger charge is -2.61. The van der Waals surface area contributed by atoms with Crippen LogP contribution in [0.2, 0.25) is 0 Å². The first kappa shape index (κ1) is 37.0. The molecule has 1 heterocycles. The van der Waals surface area contributed by atoms with Gasteiger partial charge in [0.05, 0.1) is 22.6 Å². The first-order valence-corrected chi connectivity index (χ1v) is 15.5. The summed E-state index contributed by atoms with van der Waals surface area (Å²) >= 11 is 6.78. The molecular formula is C32H43ClO13. The number of hydrogen-bond donors (Lipinski definition) is 1. The van der Waals surface area contributed by atoms with E-state index in [1.54, 1.807) is 6.92 Å². The van der Waals surface area contributed by atoms with E-state index in [9.17, 15) is 33.9 Å². The molecule has 0 aromatic heterocycles. The standard InChI is InChI=1S/C32H43ClO13/c1-10-11-24(38)44-23-14-22(42-18(5)35)30(8)21(41-17(4)34)13-12-15(2)25(33)27-32(40,16(3)29(39)45-27)28(43-19(6)36)26(30)31(23,9)46-20(7)37/h12-13,16,21-23,25-28,40H,2,10-11,14H2,1,3-9H3. The van der Waals surface area contributed by atoms with Crippen LogP contribution in [0.1, 0.15) is 74.7 Å². The van der Waals surface area contributed by atoms with Gasteiger partial charge >= 0.3 is 35.8 Å². The van der Waals surface area contributed by atoms with E-state index in [1.807, 2.05) is 0 Å². The molecule has 14 heteroatoms. The normalized spacial score (nSPS) is 38.7. The lowest BCUT2D eigenvalue weighted by Crippen LogP contribution is -2.75. The van der Waals surface area contributed by atoms with E-state index in [4.69, 9.17) is 40.0 Å². The average molecular weight is 671 g/mol. The fourth-order valence-electron chi connectivity index (χ4n) is 7.21. The minimum absolute atomic E-state index is 0.0135. The Morgan fingerprint density at radius 1 is 0.978 bits per heavy atom. The Hall–Kier alpha value is -3.45. The fourth-order valence-corrected chi connectivity index (χ4v) is 7.53. The van der Waals surface area contributed by atoms with Crippen molar-refractivity contribution in [1.82, 2.24) is 0 Å². The first-order valence-electron chi connectivity index (χ1n) is 15.1. The molecule has 0 aromatic rings. The van der Waals surface area contributed by atoms with Crippen molar-refractivity contribution in [2.75, 3.05) is 0 Å². The van der Waals surface area contributed by atoms with Gasteiger partial charge in [0.15, 0.2) is 17.3 Å². The van der Waals surface area contributed by atoms with Gasteiger partial charge in [-0.05, 0) is 31.9 Å². The molecule has 11 atom stereocenters. The van der Waals surface area contributed by atoms with Gasteiger partial charge in [0.2, 0.25) is 0 Å². The van der Waals surface area contributed by atoms with E-state index in [1.165, 1.54) is 32.9 Å². The van der Waals surface area contributed by atoms with Crippen molar-refractivity contribution >= 4 is 47.4 Å². The van der Waals surface area contributed by atoms with E-state index in [0.29, 0.717) is 6.42 Å². The molecule has 0 amide bonds. The van der Waals surface area contributed by atoms with Crippen LogP contribution in [-0.2, 0) is 57.2 Å². The summed E-state index contributed by atoms with van der Waals surface area (Å²) in [5.74, 6) is -7.78. The van der Waals surface area contributed by atoms with Gasteiger partial charge in [-0.15, -0.1) is 11.6 Å². The number of rotatable bonds is 7.